The first-order valence-corrected chi connectivity index (χ1v) is 8.84. The van der Waals surface area contributed by atoms with Gasteiger partial charge in [-0.3, -0.25) is 0 Å². The molecular weight excluding hydrogens is 319 g/mol. The van der Waals surface area contributed by atoms with Gasteiger partial charge in [0.05, 0.1) is 10.0 Å². The van der Waals surface area contributed by atoms with Gasteiger partial charge in [0.2, 0.25) is 10.0 Å². The monoisotopic (exact) mass is 336 g/mol. The van der Waals surface area contributed by atoms with Crippen molar-refractivity contribution in [3.05, 3.63) is 28.2 Å². The molecule has 0 aliphatic carbocycles. The molecule has 0 unspecified atom stereocenters. The highest BCUT2D eigenvalue weighted by atomic mass is 35.5. The van der Waals surface area contributed by atoms with E-state index in [4.69, 9.17) is 23.2 Å². The van der Waals surface area contributed by atoms with Crippen LogP contribution in [0.5, 0.6) is 0 Å². The summed E-state index contributed by atoms with van der Waals surface area (Å²) < 4.78 is 27.2. The number of nitrogens with zero attached hydrogens (tertiary/aromatic N) is 1. The van der Waals surface area contributed by atoms with Crippen LogP contribution in [0.2, 0.25) is 10.0 Å². The third kappa shape index (κ3) is 3.12. The van der Waals surface area contributed by atoms with Crippen molar-refractivity contribution in [1.82, 2.24) is 9.62 Å². The first kappa shape index (κ1) is 16.0. The van der Waals surface area contributed by atoms with Gasteiger partial charge >= 0.3 is 0 Å². The zero-order valence-electron chi connectivity index (χ0n) is 11.3. The number of sulfonamides is 1. The van der Waals surface area contributed by atoms with E-state index in [1.54, 1.807) is 18.2 Å². The van der Waals surface area contributed by atoms with E-state index >= 15 is 0 Å². The molecule has 0 saturated carbocycles. The number of piperidine rings is 1. The maximum atomic E-state index is 12.8. The van der Waals surface area contributed by atoms with E-state index in [9.17, 15) is 8.42 Å². The molecule has 0 bridgehead atoms. The molecule has 112 valence electrons. The van der Waals surface area contributed by atoms with Crippen LogP contribution in [-0.4, -0.2) is 38.4 Å². The van der Waals surface area contributed by atoms with Crippen LogP contribution in [0.1, 0.15) is 19.8 Å². The van der Waals surface area contributed by atoms with Gasteiger partial charge in [0.1, 0.15) is 4.90 Å². The molecule has 0 amide bonds. The Morgan fingerprint density at radius 3 is 2.30 bits per heavy atom. The average molecular weight is 337 g/mol. The number of rotatable bonds is 4. The van der Waals surface area contributed by atoms with E-state index in [1.165, 1.54) is 4.31 Å². The standard InChI is InChI=1S/C13H18Cl2N2O2S/c1-2-17(10-6-8-16-9-7-10)20(18,19)13-11(14)4-3-5-12(13)15/h3-5,10,16H,2,6-9H2,1H3. The SMILES string of the molecule is CCN(C1CCNCC1)S(=O)(=O)c1c(Cl)cccc1Cl. The second kappa shape index (κ2) is 6.62. The van der Waals surface area contributed by atoms with Crippen molar-refractivity contribution in [2.45, 2.75) is 30.7 Å². The molecule has 1 heterocycles. The van der Waals surface area contributed by atoms with Crippen LogP contribution in [0.25, 0.3) is 0 Å². The van der Waals surface area contributed by atoms with Crippen molar-refractivity contribution >= 4 is 33.2 Å². The lowest BCUT2D eigenvalue weighted by Gasteiger charge is -2.33. The van der Waals surface area contributed by atoms with E-state index in [0.717, 1.165) is 25.9 Å². The maximum Gasteiger partial charge on any atom is 0.246 e. The van der Waals surface area contributed by atoms with Gasteiger partial charge in [-0.2, -0.15) is 4.31 Å². The van der Waals surface area contributed by atoms with Crippen molar-refractivity contribution in [3.63, 3.8) is 0 Å². The Hall–Kier alpha value is -0.330. The van der Waals surface area contributed by atoms with Gasteiger partial charge in [0.25, 0.3) is 0 Å². The van der Waals surface area contributed by atoms with Gasteiger partial charge < -0.3 is 5.32 Å². The Balaban J connectivity index is 2.41. The summed E-state index contributed by atoms with van der Waals surface area (Å²) in [7, 11) is -3.67. The summed E-state index contributed by atoms with van der Waals surface area (Å²) in [5.41, 5.74) is 0. The van der Waals surface area contributed by atoms with E-state index in [1.807, 2.05) is 6.92 Å². The molecule has 0 atom stereocenters. The van der Waals surface area contributed by atoms with Crippen LogP contribution in [0.4, 0.5) is 0 Å². The fraction of sp³-hybridized carbons (Fsp3) is 0.538. The predicted molar refractivity (Wildman–Crippen MR) is 81.9 cm³/mol. The van der Waals surface area contributed by atoms with Crippen molar-refractivity contribution in [1.29, 1.82) is 0 Å². The second-order valence-electron chi connectivity index (χ2n) is 4.74. The molecule has 1 fully saturated rings. The highest BCUT2D eigenvalue weighted by molar-refractivity contribution is 7.89. The van der Waals surface area contributed by atoms with Gasteiger partial charge in [-0.25, -0.2) is 8.42 Å². The Kier molecular flexibility index (Phi) is 5.31. The first-order chi connectivity index (χ1) is 9.48. The molecule has 1 saturated heterocycles. The molecule has 1 aromatic rings. The Bertz CT molecular complexity index is 551. The van der Waals surface area contributed by atoms with Crippen LogP contribution in [0, 0.1) is 0 Å². The highest BCUT2D eigenvalue weighted by Crippen LogP contribution is 2.33. The van der Waals surface area contributed by atoms with Crippen LogP contribution in [0.3, 0.4) is 0 Å². The normalized spacial score (nSPS) is 17.6. The summed E-state index contributed by atoms with van der Waals surface area (Å²) in [6.07, 6.45) is 1.60. The van der Waals surface area contributed by atoms with Crippen LogP contribution in [0.15, 0.2) is 23.1 Å². The van der Waals surface area contributed by atoms with Crippen LogP contribution < -0.4 is 5.32 Å². The van der Waals surface area contributed by atoms with Gasteiger partial charge in [-0.1, -0.05) is 36.2 Å². The number of benzene rings is 1. The third-order valence-corrected chi connectivity index (χ3v) is 6.50. The summed E-state index contributed by atoms with van der Waals surface area (Å²) in [4.78, 5) is 0.0173. The minimum absolute atomic E-state index is 0.00131. The lowest BCUT2D eigenvalue weighted by molar-refractivity contribution is 0.271. The van der Waals surface area contributed by atoms with Crippen molar-refractivity contribution in [2.75, 3.05) is 19.6 Å². The minimum Gasteiger partial charge on any atom is -0.317 e. The van der Waals surface area contributed by atoms with Gasteiger partial charge in [-0.05, 0) is 38.1 Å². The topological polar surface area (TPSA) is 49.4 Å². The first-order valence-electron chi connectivity index (χ1n) is 6.65. The zero-order valence-corrected chi connectivity index (χ0v) is 13.6. The van der Waals surface area contributed by atoms with E-state index in [0.29, 0.717) is 6.54 Å². The van der Waals surface area contributed by atoms with Crippen molar-refractivity contribution in [3.8, 4) is 0 Å². The molecule has 7 heteroatoms. The largest absolute Gasteiger partial charge is 0.317 e. The minimum atomic E-state index is -3.67. The second-order valence-corrected chi connectivity index (χ2v) is 7.38. The Morgan fingerprint density at radius 2 is 1.80 bits per heavy atom. The molecule has 4 nitrogen and oxygen atoms in total. The van der Waals surface area contributed by atoms with E-state index in [2.05, 4.69) is 5.32 Å². The van der Waals surface area contributed by atoms with Crippen molar-refractivity contribution in [2.24, 2.45) is 0 Å². The van der Waals surface area contributed by atoms with Gasteiger partial charge in [-0.15, -0.1) is 0 Å². The Morgan fingerprint density at radius 1 is 1.25 bits per heavy atom. The molecule has 20 heavy (non-hydrogen) atoms. The lowest BCUT2D eigenvalue weighted by Crippen LogP contribution is -2.46. The molecule has 2 rings (SSSR count). The lowest BCUT2D eigenvalue weighted by atomic mass is 10.1. The smallest absolute Gasteiger partial charge is 0.246 e. The average Bonchev–Trinajstić information content (AvgIpc) is 2.40. The molecule has 0 radical (unpaired) electrons. The summed E-state index contributed by atoms with van der Waals surface area (Å²) in [5, 5.41) is 3.58. The molecule has 1 aliphatic rings. The quantitative estimate of drug-likeness (QED) is 0.919. The molecule has 0 aromatic heterocycles. The van der Waals surface area contributed by atoms with Gasteiger partial charge in [0.15, 0.2) is 0 Å². The summed E-state index contributed by atoms with van der Waals surface area (Å²) >= 11 is 12.1. The molecule has 1 N–H and O–H groups in total. The number of halogens is 2. The number of hydrogen-bond donors (Lipinski definition) is 1. The van der Waals surface area contributed by atoms with E-state index < -0.39 is 10.0 Å². The predicted octanol–water partition coefficient (Wildman–Crippen LogP) is 2.76. The highest BCUT2D eigenvalue weighted by Gasteiger charge is 2.33. The Labute approximate surface area is 130 Å². The van der Waals surface area contributed by atoms with Crippen molar-refractivity contribution < 1.29 is 8.42 Å². The molecule has 0 spiro atoms. The van der Waals surface area contributed by atoms with Gasteiger partial charge in [0, 0.05) is 12.6 Å². The number of nitrogens with one attached hydrogen (secondary N) is 1. The molecular formula is C13H18Cl2N2O2S. The van der Waals surface area contributed by atoms with E-state index in [-0.39, 0.29) is 21.0 Å². The third-order valence-electron chi connectivity index (χ3n) is 3.51. The van der Waals surface area contributed by atoms with Crippen LogP contribution in [-0.2, 0) is 10.0 Å². The number of hydrogen-bond acceptors (Lipinski definition) is 3. The summed E-state index contributed by atoms with van der Waals surface area (Å²) in [6.45, 7) is 3.90. The van der Waals surface area contributed by atoms with Crippen LogP contribution >= 0.6 is 23.2 Å². The fourth-order valence-corrected chi connectivity index (χ4v) is 5.35. The molecule has 1 aliphatic heterocycles. The fourth-order valence-electron chi connectivity index (χ4n) is 2.57. The molecule has 1 aromatic carbocycles. The summed E-state index contributed by atoms with van der Waals surface area (Å²) in [5.74, 6) is 0. The maximum absolute atomic E-state index is 12.8. The zero-order chi connectivity index (χ0) is 14.8. The summed E-state index contributed by atoms with van der Waals surface area (Å²) in [6, 6.07) is 4.75.